The van der Waals surface area contributed by atoms with E-state index >= 15 is 0 Å². The van der Waals surface area contributed by atoms with Gasteiger partial charge in [0, 0.05) is 4.88 Å². The summed E-state index contributed by atoms with van der Waals surface area (Å²) in [4.78, 5) is 12.1. The number of hydrogen-bond acceptors (Lipinski definition) is 6. The van der Waals surface area contributed by atoms with Crippen molar-refractivity contribution in [3.8, 4) is 0 Å². The van der Waals surface area contributed by atoms with E-state index in [-0.39, 0.29) is 23.3 Å². The van der Waals surface area contributed by atoms with Crippen molar-refractivity contribution in [2.45, 2.75) is 30.6 Å². The zero-order valence-corrected chi connectivity index (χ0v) is 12.4. The van der Waals surface area contributed by atoms with E-state index in [9.17, 15) is 13.2 Å². The molecule has 2 N–H and O–H groups in total. The summed E-state index contributed by atoms with van der Waals surface area (Å²) in [6.07, 6.45) is 0.121. The third kappa shape index (κ3) is 6.15. The van der Waals surface area contributed by atoms with E-state index in [1.165, 1.54) is 6.07 Å². The van der Waals surface area contributed by atoms with Crippen LogP contribution in [0.3, 0.4) is 0 Å². The first kappa shape index (κ1) is 16.1. The number of hydrogen-bond donors (Lipinski definition) is 1. The van der Waals surface area contributed by atoms with Crippen LogP contribution < -0.4 is 5.14 Å². The fourth-order valence-electron chi connectivity index (χ4n) is 1.24. The third-order valence-corrected chi connectivity index (χ3v) is 4.56. The van der Waals surface area contributed by atoms with Crippen molar-refractivity contribution in [2.24, 2.45) is 5.14 Å². The van der Waals surface area contributed by atoms with Gasteiger partial charge in [0.05, 0.1) is 19.1 Å². The average molecular weight is 307 g/mol. The summed E-state index contributed by atoms with van der Waals surface area (Å²) in [6, 6.07) is 2.93. The fraction of sp³-hybridized carbons (Fsp3) is 0.545. The molecule has 1 heterocycles. The van der Waals surface area contributed by atoms with E-state index in [0.717, 1.165) is 11.3 Å². The summed E-state index contributed by atoms with van der Waals surface area (Å²) in [6.45, 7) is 4.31. The van der Waals surface area contributed by atoms with E-state index in [1.54, 1.807) is 6.07 Å². The fourth-order valence-corrected chi connectivity index (χ4v) is 3.00. The van der Waals surface area contributed by atoms with E-state index in [1.807, 2.05) is 13.8 Å². The highest BCUT2D eigenvalue weighted by Crippen LogP contribution is 2.20. The summed E-state index contributed by atoms with van der Waals surface area (Å²) < 4.78 is 32.3. The summed E-state index contributed by atoms with van der Waals surface area (Å²) >= 11 is 0.967. The molecule has 0 atom stereocenters. The van der Waals surface area contributed by atoms with Crippen LogP contribution in [0.4, 0.5) is 0 Å². The molecule has 8 heteroatoms. The zero-order chi connectivity index (χ0) is 14.5. The van der Waals surface area contributed by atoms with E-state index in [4.69, 9.17) is 14.6 Å². The van der Waals surface area contributed by atoms with Gasteiger partial charge in [0.1, 0.15) is 10.8 Å². The Morgan fingerprint density at radius 1 is 1.37 bits per heavy atom. The Hall–Kier alpha value is -0.960. The number of sulfonamides is 1. The van der Waals surface area contributed by atoms with Crippen molar-refractivity contribution in [3.63, 3.8) is 0 Å². The van der Waals surface area contributed by atoms with Crippen LogP contribution in [-0.2, 0) is 30.7 Å². The number of primary sulfonamides is 1. The predicted octanol–water partition coefficient (Wildman–Crippen LogP) is 0.906. The van der Waals surface area contributed by atoms with Gasteiger partial charge in [-0.15, -0.1) is 11.3 Å². The lowest BCUT2D eigenvalue weighted by atomic mass is 10.3. The van der Waals surface area contributed by atoms with E-state index < -0.39 is 16.0 Å². The molecule has 0 aromatic carbocycles. The molecular formula is C11H17NO5S2. The van der Waals surface area contributed by atoms with Crippen molar-refractivity contribution in [1.29, 1.82) is 0 Å². The molecule has 0 unspecified atom stereocenters. The minimum atomic E-state index is -3.70. The van der Waals surface area contributed by atoms with Gasteiger partial charge in [-0.05, 0) is 26.0 Å². The van der Waals surface area contributed by atoms with Crippen LogP contribution in [0.5, 0.6) is 0 Å². The first-order valence-electron chi connectivity index (χ1n) is 5.68. The summed E-state index contributed by atoms with van der Waals surface area (Å²) in [5.74, 6) is -0.421. The van der Waals surface area contributed by atoms with E-state index in [2.05, 4.69) is 0 Å². The molecule has 0 amide bonds. The average Bonchev–Trinajstić information content (AvgIpc) is 2.72. The number of carbonyl (C=O) groups excluding carboxylic acids is 1. The Kier molecular flexibility index (Phi) is 5.92. The number of nitrogens with two attached hydrogens (primary N) is 1. The van der Waals surface area contributed by atoms with Gasteiger partial charge < -0.3 is 9.47 Å². The molecule has 0 spiro atoms. The maximum absolute atomic E-state index is 11.5. The molecular weight excluding hydrogens is 290 g/mol. The number of ether oxygens (including phenoxy) is 2. The molecule has 1 aromatic heterocycles. The van der Waals surface area contributed by atoms with Crippen LogP contribution in [-0.4, -0.2) is 33.7 Å². The lowest BCUT2D eigenvalue weighted by Crippen LogP contribution is -2.14. The summed E-state index contributed by atoms with van der Waals surface area (Å²) in [7, 11) is -3.70. The lowest BCUT2D eigenvalue weighted by Gasteiger charge is -2.07. The summed E-state index contributed by atoms with van der Waals surface area (Å²) in [5.41, 5.74) is 0. The SMILES string of the molecule is CC(C)OCCOC(=O)Cc1ccc(S(N)(=O)=O)s1. The van der Waals surface area contributed by atoms with Gasteiger partial charge in [-0.25, -0.2) is 13.6 Å². The molecule has 0 bridgehead atoms. The van der Waals surface area contributed by atoms with Crippen LogP contribution in [0.25, 0.3) is 0 Å². The number of thiophene rings is 1. The van der Waals surface area contributed by atoms with Crippen molar-refractivity contribution >= 4 is 27.3 Å². The largest absolute Gasteiger partial charge is 0.463 e. The number of esters is 1. The molecule has 0 fully saturated rings. The highest BCUT2D eigenvalue weighted by Gasteiger charge is 2.13. The minimum absolute atomic E-state index is 0.0296. The standard InChI is InChI=1S/C11H17NO5S2/c1-8(2)16-5-6-17-10(13)7-9-3-4-11(18-9)19(12,14)15/h3-4,8H,5-7H2,1-2H3,(H2,12,14,15). The van der Waals surface area contributed by atoms with Gasteiger partial charge in [0.2, 0.25) is 10.0 Å². The predicted molar refractivity (Wildman–Crippen MR) is 71.4 cm³/mol. The Morgan fingerprint density at radius 3 is 2.58 bits per heavy atom. The maximum atomic E-state index is 11.5. The minimum Gasteiger partial charge on any atom is -0.463 e. The first-order valence-corrected chi connectivity index (χ1v) is 8.04. The van der Waals surface area contributed by atoms with Crippen molar-refractivity contribution in [1.82, 2.24) is 0 Å². The second kappa shape index (κ2) is 6.99. The quantitative estimate of drug-likeness (QED) is 0.596. The molecule has 0 saturated carbocycles. The first-order chi connectivity index (χ1) is 8.79. The number of rotatable bonds is 7. The second-order valence-electron chi connectivity index (χ2n) is 4.08. The Morgan fingerprint density at radius 2 is 2.05 bits per heavy atom. The van der Waals surface area contributed by atoms with Crippen LogP contribution in [0.15, 0.2) is 16.3 Å². The Bertz CT molecular complexity index is 521. The van der Waals surface area contributed by atoms with Crippen molar-refractivity contribution in [3.05, 3.63) is 17.0 Å². The molecule has 0 aliphatic carbocycles. The highest BCUT2D eigenvalue weighted by molar-refractivity contribution is 7.91. The van der Waals surface area contributed by atoms with Crippen molar-refractivity contribution in [2.75, 3.05) is 13.2 Å². The van der Waals surface area contributed by atoms with Gasteiger partial charge >= 0.3 is 5.97 Å². The molecule has 0 aliphatic heterocycles. The van der Waals surface area contributed by atoms with Gasteiger partial charge in [0.25, 0.3) is 0 Å². The molecule has 0 saturated heterocycles. The summed E-state index contributed by atoms with van der Waals surface area (Å²) in [5, 5.41) is 4.98. The Balaban J connectivity index is 2.39. The van der Waals surface area contributed by atoms with Gasteiger partial charge in [-0.2, -0.15) is 0 Å². The molecule has 1 aromatic rings. The molecule has 6 nitrogen and oxygen atoms in total. The van der Waals surface area contributed by atoms with Gasteiger partial charge in [-0.3, -0.25) is 4.79 Å². The number of carbonyl (C=O) groups is 1. The van der Waals surface area contributed by atoms with Crippen LogP contribution in [0.2, 0.25) is 0 Å². The third-order valence-electron chi connectivity index (χ3n) is 2.03. The zero-order valence-electron chi connectivity index (χ0n) is 10.8. The van der Waals surface area contributed by atoms with Crippen LogP contribution >= 0.6 is 11.3 Å². The molecule has 0 aliphatic rings. The highest BCUT2D eigenvalue weighted by atomic mass is 32.2. The maximum Gasteiger partial charge on any atom is 0.311 e. The Labute approximate surface area is 116 Å². The van der Waals surface area contributed by atoms with Gasteiger partial charge in [0.15, 0.2) is 0 Å². The molecule has 1 rings (SSSR count). The molecule has 19 heavy (non-hydrogen) atoms. The van der Waals surface area contributed by atoms with Crippen LogP contribution in [0, 0.1) is 0 Å². The smallest absolute Gasteiger partial charge is 0.311 e. The lowest BCUT2D eigenvalue weighted by molar-refractivity contribution is -0.144. The topological polar surface area (TPSA) is 95.7 Å². The normalized spacial score (nSPS) is 11.8. The van der Waals surface area contributed by atoms with Crippen molar-refractivity contribution < 1.29 is 22.7 Å². The molecule has 108 valence electrons. The van der Waals surface area contributed by atoms with Crippen LogP contribution in [0.1, 0.15) is 18.7 Å². The molecule has 0 radical (unpaired) electrons. The van der Waals surface area contributed by atoms with E-state index in [0.29, 0.717) is 11.5 Å². The second-order valence-corrected chi connectivity index (χ2v) is 7.04. The van der Waals surface area contributed by atoms with Gasteiger partial charge in [-0.1, -0.05) is 0 Å². The monoisotopic (exact) mass is 307 g/mol.